The zero-order valence-corrected chi connectivity index (χ0v) is 7.49. The topological polar surface area (TPSA) is 61.8 Å². The molecule has 0 saturated heterocycles. The first-order chi connectivity index (χ1) is 5.79. The Kier molecular flexibility index (Phi) is 3.22. The molecule has 0 saturated carbocycles. The van der Waals surface area contributed by atoms with E-state index in [9.17, 15) is 5.11 Å². The Balaban J connectivity index is 2.63. The Morgan fingerprint density at radius 1 is 1.50 bits per heavy atom. The van der Waals surface area contributed by atoms with Crippen LogP contribution in [0.15, 0.2) is 6.33 Å². The summed E-state index contributed by atoms with van der Waals surface area (Å²) in [6.45, 7) is 4.13. The third-order valence-electron chi connectivity index (χ3n) is 2.21. The molecule has 0 amide bonds. The number of nitrogens with one attached hydrogen (secondary N) is 1. The van der Waals surface area contributed by atoms with E-state index in [1.54, 1.807) is 0 Å². The third-order valence-corrected chi connectivity index (χ3v) is 2.21. The van der Waals surface area contributed by atoms with E-state index >= 15 is 0 Å². The minimum absolute atomic E-state index is 0.276. The molecule has 1 aromatic heterocycles. The van der Waals surface area contributed by atoms with Crippen LogP contribution in [0.4, 0.5) is 0 Å². The molecule has 0 aliphatic heterocycles. The van der Waals surface area contributed by atoms with Crippen molar-refractivity contribution in [1.29, 1.82) is 0 Å². The lowest BCUT2D eigenvalue weighted by atomic mass is 9.96. The number of rotatable bonds is 4. The fourth-order valence-corrected chi connectivity index (χ4v) is 1.32. The molecule has 4 heteroatoms. The van der Waals surface area contributed by atoms with Crippen LogP contribution in [-0.2, 0) is 0 Å². The molecule has 0 fully saturated rings. The van der Waals surface area contributed by atoms with Crippen LogP contribution in [0.25, 0.3) is 0 Å². The number of aromatic nitrogens is 3. The van der Waals surface area contributed by atoms with E-state index in [4.69, 9.17) is 0 Å². The molecule has 0 spiro atoms. The molecule has 0 aliphatic carbocycles. The highest BCUT2D eigenvalue weighted by atomic mass is 16.3. The molecule has 1 aromatic rings. The summed E-state index contributed by atoms with van der Waals surface area (Å²) < 4.78 is 0. The predicted octanol–water partition coefficient (Wildman–Crippen LogP) is 1.27. The minimum atomic E-state index is -0.498. The van der Waals surface area contributed by atoms with Gasteiger partial charge in [-0.1, -0.05) is 26.7 Å². The molecule has 1 rings (SSSR count). The number of H-pyrrole nitrogens is 1. The molecular weight excluding hydrogens is 154 g/mol. The standard InChI is InChI=1S/C8H15N3O/c1-3-6(4-2)7(12)8-9-5-10-11-8/h5-7,12H,3-4H2,1-2H3,(H,9,10,11). The minimum Gasteiger partial charge on any atom is -0.385 e. The average molecular weight is 169 g/mol. The van der Waals surface area contributed by atoms with Gasteiger partial charge >= 0.3 is 0 Å². The summed E-state index contributed by atoms with van der Waals surface area (Å²) in [5.41, 5.74) is 0. The van der Waals surface area contributed by atoms with E-state index in [-0.39, 0.29) is 5.92 Å². The molecule has 1 atom stereocenters. The van der Waals surface area contributed by atoms with Gasteiger partial charge in [0.05, 0.1) is 0 Å². The molecular formula is C8H15N3O. The average Bonchev–Trinajstić information content (AvgIpc) is 2.58. The second-order valence-electron chi connectivity index (χ2n) is 2.89. The molecule has 1 unspecified atom stereocenters. The van der Waals surface area contributed by atoms with Crippen LogP contribution in [-0.4, -0.2) is 20.3 Å². The highest BCUT2D eigenvalue weighted by Crippen LogP contribution is 2.23. The third kappa shape index (κ3) is 1.82. The summed E-state index contributed by atoms with van der Waals surface area (Å²) in [6, 6.07) is 0. The molecule has 1 heterocycles. The molecule has 2 N–H and O–H groups in total. The lowest BCUT2D eigenvalue weighted by molar-refractivity contribution is 0.0951. The van der Waals surface area contributed by atoms with Crippen LogP contribution in [0.5, 0.6) is 0 Å². The lowest BCUT2D eigenvalue weighted by Gasteiger charge is -2.16. The zero-order chi connectivity index (χ0) is 8.97. The van der Waals surface area contributed by atoms with Gasteiger partial charge in [-0.05, 0) is 5.92 Å². The van der Waals surface area contributed by atoms with Crippen molar-refractivity contribution >= 4 is 0 Å². The van der Waals surface area contributed by atoms with E-state index in [0.29, 0.717) is 5.82 Å². The van der Waals surface area contributed by atoms with Gasteiger partial charge in [0, 0.05) is 0 Å². The first-order valence-electron chi connectivity index (χ1n) is 4.32. The largest absolute Gasteiger partial charge is 0.385 e. The molecule has 0 bridgehead atoms. The van der Waals surface area contributed by atoms with Crippen LogP contribution < -0.4 is 0 Å². The molecule has 0 aliphatic rings. The fraction of sp³-hybridized carbons (Fsp3) is 0.750. The van der Waals surface area contributed by atoms with Crippen molar-refractivity contribution in [2.45, 2.75) is 32.8 Å². The number of hydrogen-bond acceptors (Lipinski definition) is 3. The van der Waals surface area contributed by atoms with E-state index < -0.39 is 6.10 Å². The van der Waals surface area contributed by atoms with Crippen LogP contribution in [0, 0.1) is 5.92 Å². The van der Waals surface area contributed by atoms with Gasteiger partial charge in [-0.15, -0.1) is 0 Å². The summed E-state index contributed by atoms with van der Waals surface area (Å²) in [5.74, 6) is 0.849. The molecule has 4 nitrogen and oxygen atoms in total. The lowest BCUT2D eigenvalue weighted by Crippen LogP contribution is -2.12. The summed E-state index contributed by atoms with van der Waals surface area (Å²) in [6.07, 6.45) is 2.83. The van der Waals surface area contributed by atoms with Crippen molar-refractivity contribution in [2.24, 2.45) is 5.92 Å². The SMILES string of the molecule is CCC(CC)C(O)c1ncn[nH]1. The summed E-state index contributed by atoms with van der Waals surface area (Å²) in [4.78, 5) is 3.92. The number of aliphatic hydroxyl groups is 1. The van der Waals surface area contributed by atoms with Crippen molar-refractivity contribution < 1.29 is 5.11 Å². The van der Waals surface area contributed by atoms with E-state index in [0.717, 1.165) is 12.8 Å². The van der Waals surface area contributed by atoms with Crippen molar-refractivity contribution in [1.82, 2.24) is 15.2 Å². The molecule has 12 heavy (non-hydrogen) atoms. The molecule has 0 aromatic carbocycles. The van der Waals surface area contributed by atoms with Crippen LogP contribution in [0.1, 0.15) is 38.6 Å². The Morgan fingerprint density at radius 3 is 2.58 bits per heavy atom. The fourth-order valence-electron chi connectivity index (χ4n) is 1.32. The van der Waals surface area contributed by atoms with Gasteiger partial charge in [-0.25, -0.2) is 4.98 Å². The van der Waals surface area contributed by atoms with E-state index in [1.807, 2.05) is 0 Å². The van der Waals surface area contributed by atoms with Crippen LogP contribution >= 0.6 is 0 Å². The van der Waals surface area contributed by atoms with E-state index in [2.05, 4.69) is 29.0 Å². The highest BCUT2D eigenvalue weighted by Gasteiger charge is 2.19. The van der Waals surface area contributed by atoms with Gasteiger partial charge in [-0.2, -0.15) is 5.10 Å². The smallest absolute Gasteiger partial charge is 0.153 e. The second-order valence-corrected chi connectivity index (χ2v) is 2.89. The monoisotopic (exact) mass is 169 g/mol. The van der Waals surface area contributed by atoms with Crippen molar-refractivity contribution in [3.63, 3.8) is 0 Å². The number of aromatic amines is 1. The summed E-state index contributed by atoms with van der Waals surface area (Å²) in [5, 5.41) is 16.1. The van der Waals surface area contributed by atoms with Crippen molar-refractivity contribution in [3.8, 4) is 0 Å². The van der Waals surface area contributed by atoms with E-state index in [1.165, 1.54) is 6.33 Å². The Hall–Kier alpha value is -0.900. The number of hydrogen-bond donors (Lipinski definition) is 2. The maximum absolute atomic E-state index is 9.74. The molecule has 0 radical (unpaired) electrons. The molecule has 68 valence electrons. The Labute approximate surface area is 72.0 Å². The highest BCUT2D eigenvalue weighted by molar-refractivity contribution is 4.89. The van der Waals surface area contributed by atoms with Gasteiger partial charge in [0.25, 0.3) is 0 Å². The normalized spacial score (nSPS) is 13.7. The summed E-state index contributed by atoms with van der Waals surface area (Å²) >= 11 is 0. The predicted molar refractivity (Wildman–Crippen MR) is 45.4 cm³/mol. The van der Waals surface area contributed by atoms with Crippen molar-refractivity contribution in [3.05, 3.63) is 12.2 Å². The maximum Gasteiger partial charge on any atom is 0.153 e. The van der Waals surface area contributed by atoms with Crippen molar-refractivity contribution in [2.75, 3.05) is 0 Å². The number of aliphatic hydroxyl groups excluding tert-OH is 1. The Morgan fingerprint density at radius 2 is 2.17 bits per heavy atom. The quantitative estimate of drug-likeness (QED) is 0.713. The van der Waals surface area contributed by atoms with Gasteiger partial charge in [0.1, 0.15) is 12.4 Å². The maximum atomic E-state index is 9.74. The first-order valence-corrected chi connectivity index (χ1v) is 4.32. The summed E-state index contributed by atoms with van der Waals surface area (Å²) in [7, 11) is 0. The van der Waals surface area contributed by atoms with Gasteiger partial charge in [0.15, 0.2) is 5.82 Å². The van der Waals surface area contributed by atoms with Gasteiger partial charge < -0.3 is 5.11 Å². The van der Waals surface area contributed by atoms with Gasteiger partial charge in [-0.3, -0.25) is 5.10 Å². The van der Waals surface area contributed by atoms with Crippen LogP contribution in [0.3, 0.4) is 0 Å². The first kappa shape index (κ1) is 9.19. The van der Waals surface area contributed by atoms with Gasteiger partial charge in [0.2, 0.25) is 0 Å². The second kappa shape index (κ2) is 4.21. The zero-order valence-electron chi connectivity index (χ0n) is 7.49. The van der Waals surface area contributed by atoms with Crippen LogP contribution in [0.2, 0.25) is 0 Å². The Bertz CT molecular complexity index is 206. The number of nitrogens with zero attached hydrogens (tertiary/aromatic N) is 2.